The maximum absolute atomic E-state index is 10.5. The molecule has 8 heteroatoms. The van der Waals surface area contributed by atoms with Crippen molar-refractivity contribution in [2.45, 2.75) is 13.0 Å². The third kappa shape index (κ3) is 8.59. The van der Waals surface area contributed by atoms with Crippen molar-refractivity contribution >= 4 is 15.8 Å². The van der Waals surface area contributed by atoms with Crippen LogP contribution in [-0.2, 0) is 10.1 Å². The first-order valence-corrected chi connectivity index (χ1v) is 6.91. The molecule has 0 aromatic heterocycles. The van der Waals surface area contributed by atoms with Crippen LogP contribution in [0.15, 0.2) is 30.3 Å². The van der Waals surface area contributed by atoms with Crippen LogP contribution in [0, 0.1) is 0 Å². The van der Waals surface area contributed by atoms with Crippen LogP contribution in [0.25, 0.3) is 0 Å². The Kier molecular flexibility index (Phi) is 10.8. The van der Waals surface area contributed by atoms with Crippen LogP contribution in [0.4, 0.5) is 5.69 Å². The Bertz CT molecular complexity index is 440. The second-order valence-corrected chi connectivity index (χ2v) is 5.20. The monoisotopic (exact) mass is 299 g/mol. The van der Waals surface area contributed by atoms with E-state index >= 15 is 0 Å². The van der Waals surface area contributed by atoms with Gasteiger partial charge in [-0.25, -0.2) is 8.42 Å². The zero-order chi connectivity index (χ0) is 12.9. The van der Waals surface area contributed by atoms with Gasteiger partial charge in [0.2, 0.25) is 0 Å². The van der Waals surface area contributed by atoms with Crippen molar-refractivity contribution in [3.05, 3.63) is 30.3 Å². The number of benzene rings is 1. The zero-order valence-electron chi connectivity index (χ0n) is 11.1. The third-order valence-corrected chi connectivity index (χ3v) is 3.12. The van der Waals surface area contributed by atoms with Gasteiger partial charge in [0.15, 0.2) is 0 Å². The molecule has 0 aliphatic rings. The van der Waals surface area contributed by atoms with Crippen molar-refractivity contribution < 1.29 is 53.1 Å². The molecule has 104 valence electrons. The molecule has 0 amide bonds. The van der Waals surface area contributed by atoms with Crippen molar-refractivity contribution in [2.24, 2.45) is 0 Å². The molecule has 1 rings (SSSR count). The van der Waals surface area contributed by atoms with E-state index < -0.39 is 22.0 Å². The quantitative estimate of drug-likeness (QED) is 0.434. The molecule has 1 unspecified atom stereocenters. The molecule has 0 spiro atoms. The summed E-state index contributed by atoms with van der Waals surface area (Å²) < 4.78 is 31.5. The molecular weight excluding hydrogens is 281 g/mol. The van der Waals surface area contributed by atoms with E-state index in [1.54, 1.807) is 0 Å². The van der Waals surface area contributed by atoms with Crippen LogP contribution >= 0.6 is 0 Å². The maximum Gasteiger partial charge on any atom is 1.00 e. The van der Waals surface area contributed by atoms with Crippen molar-refractivity contribution in [1.82, 2.24) is 0 Å². The molecule has 0 heterocycles. The average Bonchev–Trinajstić information content (AvgIpc) is 2.24. The van der Waals surface area contributed by atoms with E-state index in [4.69, 9.17) is 0 Å². The normalized spacial score (nSPS) is 11.9. The predicted molar refractivity (Wildman–Crippen MR) is 68.5 cm³/mol. The first-order chi connectivity index (χ1) is 7.92. The summed E-state index contributed by atoms with van der Waals surface area (Å²) in [6, 6.07) is 9.31. The molecule has 19 heavy (non-hydrogen) atoms. The van der Waals surface area contributed by atoms with Gasteiger partial charge in [-0.2, -0.15) is 0 Å². The van der Waals surface area contributed by atoms with Crippen LogP contribution < -0.4 is 34.5 Å². The Morgan fingerprint density at radius 3 is 2.26 bits per heavy atom. The molecule has 1 aromatic carbocycles. The first kappa shape index (κ1) is 21.2. The summed E-state index contributed by atoms with van der Waals surface area (Å²) in [7, 11) is -4.39. The van der Waals surface area contributed by atoms with Crippen molar-refractivity contribution in [1.29, 1.82) is 0 Å². The van der Waals surface area contributed by atoms with E-state index in [1.165, 1.54) is 0 Å². The standard InChI is InChI=1S/C11H17NO4S.Na.H2O/c1-2-12(10-6-4-3-5-7-10)8-11(13)9-17(14,15)16;;/h3-7,11,13H,2,8-9H2,1H3,(H,14,15,16);;1H2/q;+1;/p-1. The van der Waals surface area contributed by atoms with Crippen molar-refractivity contribution in [3.63, 3.8) is 0 Å². The molecule has 1 aromatic rings. The van der Waals surface area contributed by atoms with E-state index in [9.17, 15) is 18.1 Å². The summed E-state index contributed by atoms with van der Waals surface area (Å²) in [6.45, 7) is 2.65. The van der Waals surface area contributed by atoms with Gasteiger partial charge >= 0.3 is 29.6 Å². The predicted octanol–water partition coefficient (Wildman–Crippen LogP) is -3.40. The minimum absolute atomic E-state index is 0. The van der Waals surface area contributed by atoms with Crippen LogP contribution in [-0.4, -0.2) is 48.5 Å². The molecule has 0 aliphatic heterocycles. The van der Waals surface area contributed by atoms with Gasteiger partial charge in [0.25, 0.3) is 0 Å². The number of rotatable bonds is 6. The molecule has 0 radical (unpaired) electrons. The van der Waals surface area contributed by atoms with Gasteiger partial charge in [0.05, 0.1) is 22.0 Å². The topological polar surface area (TPSA) is 112 Å². The van der Waals surface area contributed by atoms with E-state index in [0.29, 0.717) is 6.54 Å². The minimum atomic E-state index is -4.39. The van der Waals surface area contributed by atoms with Crippen molar-refractivity contribution in [2.75, 3.05) is 23.7 Å². The van der Waals surface area contributed by atoms with Gasteiger partial charge in [-0.3, -0.25) is 0 Å². The number of hydrogen-bond acceptors (Lipinski definition) is 5. The average molecular weight is 299 g/mol. The van der Waals surface area contributed by atoms with Crippen LogP contribution in [0.1, 0.15) is 6.92 Å². The zero-order valence-corrected chi connectivity index (χ0v) is 13.9. The number of anilines is 1. The molecule has 0 saturated heterocycles. The van der Waals surface area contributed by atoms with Gasteiger partial charge in [0, 0.05) is 18.8 Å². The fraction of sp³-hybridized carbons (Fsp3) is 0.455. The summed E-state index contributed by atoms with van der Waals surface area (Å²) in [5.74, 6) is -0.754. The molecule has 6 nitrogen and oxygen atoms in total. The Balaban J connectivity index is 0. The van der Waals surface area contributed by atoms with Gasteiger partial charge in [0.1, 0.15) is 0 Å². The number of para-hydroxylation sites is 1. The van der Waals surface area contributed by atoms with Gasteiger partial charge < -0.3 is 20.0 Å². The molecule has 0 aliphatic carbocycles. The van der Waals surface area contributed by atoms with Crippen molar-refractivity contribution in [3.8, 4) is 0 Å². The minimum Gasteiger partial charge on any atom is -0.748 e. The van der Waals surface area contributed by atoms with Gasteiger partial charge in [-0.15, -0.1) is 0 Å². The molecule has 0 fully saturated rings. The molecule has 0 bridgehead atoms. The van der Waals surface area contributed by atoms with E-state index in [0.717, 1.165) is 5.69 Å². The summed E-state index contributed by atoms with van der Waals surface area (Å²) >= 11 is 0. The number of hydrogen-bond donors (Lipinski definition) is 1. The third-order valence-electron chi connectivity index (χ3n) is 2.33. The van der Waals surface area contributed by atoms with E-state index in [2.05, 4.69) is 0 Å². The second kappa shape index (κ2) is 9.71. The first-order valence-electron chi connectivity index (χ1n) is 5.34. The number of likely N-dealkylation sites (N-methyl/N-ethyl adjacent to an activating group) is 1. The summed E-state index contributed by atoms with van der Waals surface area (Å²) in [4.78, 5) is 1.82. The largest absolute Gasteiger partial charge is 1.00 e. The molecule has 0 saturated carbocycles. The fourth-order valence-electron chi connectivity index (χ4n) is 1.60. The maximum atomic E-state index is 10.5. The Labute approximate surface area is 135 Å². The summed E-state index contributed by atoms with van der Waals surface area (Å²) in [6.07, 6.45) is -1.17. The number of aliphatic hydroxyl groups excluding tert-OH is 1. The summed E-state index contributed by atoms with van der Waals surface area (Å²) in [5, 5.41) is 9.53. The van der Waals surface area contributed by atoms with Gasteiger partial charge in [-0.1, -0.05) is 18.2 Å². The second-order valence-electron chi connectivity index (χ2n) is 3.75. The fourth-order valence-corrected chi connectivity index (χ4v) is 2.18. The Hall–Kier alpha value is -0.150. The SMILES string of the molecule is CCN(CC(O)CS(=O)(=O)[O-])c1ccccc1.O.[Na+]. The Morgan fingerprint density at radius 2 is 1.84 bits per heavy atom. The number of nitrogens with zero attached hydrogens (tertiary/aromatic N) is 1. The van der Waals surface area contributed by atoms with Crippen LogP contribution in [0.3, 0.4) is 0 Å². The molecule has 3 N–H and O–H groups in total. The van der Waals surface area contributed by atoms with E-state index in [-0.39, 0.29) is 41.6 Å². The number of aliphatic hydroxyl groups is 1. The van der Waals surface area contributed by atoms with Crippen LogP contribution in [0.2, 0.25) is 0 Å². The smallest absolute Gasteiger partial charge is 0.748 e. The van der Waals surface area contributed by atoms with E-state index in [1.807, 2.05) is 42.2 Å². The summed E-state index contributed by atoms with van der Waals surface area (Å²) in [5.41, 5.74) is 0.886. The van der Waals surface area contributed by atoms with Crippen LogP contribution in [0.5, 0.6) is 0 Å². The molecule has 1 atom stereocenters. The van der Waals surface area contributed by atoms with Gasteiger partial charge in [-0.05, 0) is 19.1 Å². The molecular formula is C11H18NNaO5S. The Morgan fingerprint density at radius 1 is 1.32 bits per heavy atom.